The summed E-state index contributed by atoms with van der Waals surface area (Å²) in [4.78, 5) is 33.8. The lowest BCUT2D eigenvalue weighted by atomic mass is 10.2. The largest absolute Gasteiger partial charge is 0.364 e. The van der Waals surface area contributed by atoms with Gasteiger partial charge in [-0.05, 0) is 13.0 Å². The molecule has 2 aromatic rings. The summed E-state index contributed by atoms with van der Waals surface area (Å²) in [6.45, 7) is 1.73. The van der Waals surface area contributed by atoms with Crippen LogP contribution < -0.4 is 10.7 Å². The minimum absolute atomic E-state index is 0.0100. The van der Waals surface area contributed by atoms with E-state index in [1.807, 2.05) is 0 Å². The number of aromatic amines is 1. The van der Waals surface area contributed by atoms with Crippen molar-refractivity contribution in [3.8, 4) is 0 Å². The Balaban J connectivity index is 2.25. The lowest BCUT2D eigenvalue weighted by molar-refractivity contribution is 0.102. The number of carbonyl (C=O) groups is 1. The van der Waals surface area contributed by atoms with Gasteiger partial charge in [0.1, 0.15) is 10.7 Å². The van der Waals surface area contributed by atoms with Crippen molar-refractivity contribution in [3.05, 3.63) is 51.2 Å². The quantitative estimate of drug-likeness (QED) is 0.802. The minimum atomic E-state index is -0.585. The van der Waals surface area contributed by atoms with Gasteiger partial charge in [0.2, 0.25) is 5.95 Å². The molecule has 0 saturated heterocycles. The number of nitrogens with one attached hydrogen (secondary N) is 2. The molecule has 0 aliphatic carbocycles. The molecule has 0 spiro atoms. The number of nitrogens with zero attached hydrogens (tertiary/aromatic N) is 2. The standard InChI is InChI=1S/C11H9ClN4O2/c1-6-4-8(17)7(5-14-6)10(18)16-11-13-3-2-9(12)15-11/h2-5H,1H3,(H,14,17)(H,13,15,16,18). The summed E-state index contributed by atoms with van der Waals surface area (Å²) in [6.07, 6.45) is 2.75. The van der Waals surface area contributed by atoms with Crippen LogP contribution in [-0.2, 0) is 0 Å². The SMILES string of the molecule is Cc1cc(=O)c(C(=O)Nc2nccc(Cl)n2)c[nH]1. The van der Waals surface area contributed by atoms with Gasteiger partial charge in [0.15, 0.2) is 5.43 Å². The maximum absolute atomic E-state index is 11.8. The Morgan fingerprint density at radius 2 is 2.28 bits per heavy atom. The van der Waals surface area contributed by atoms with Crippen molar-refractivity contribution in [2.24, 2.45) is 0 Å². The summed E-state index contributed by atoms with van der Waals surface area (Å²) >= 11 is 5.66. The third kappa shape index (κ3) is 2.72. The molecule has 2 heterocycles. The first-order chi connectivity index (χ1) is 8.56. The summed E-state index contributed by atoms with van der Waals surface area (Å²) in [5, 5.41) is 2.60. The van der Waals surface area contributed by atoms with E-state index in [4.69, 9.17) is 11.6 Å². The van der Waals surface area contributed by atoms with E-state index in [1.54, 1.807) is 6.92 Å². The molecule has 0 radical (unpaired) electrons. The number of aryl methyl sites for hydroxylation is 1. The molecule has 2 aromatic heterocycles. The molecule has 0 fully saturated rings. The van der Waals surface area contributed by atoms with Crippen LogP contribution >= 0.6 is 11.6 Å². The normalized spacial score (nSPS) is 10.1. The molecule has 2 rings (SSSR count). The van der Waals surface area contributed by atoms with Gasteiger partial charge in [-0.15, -0.1) is 0 Å². The third-order valence-corrected chi connectivity index (χ3v) is 2.36. The van der Waals surface area contributed by atoms with Crippen molar-refractivity contribution in [1.29, 1.82) is 0 Å². The zero-order valence-corrected chi connectivity index (χ0v) is 10.2. The van der Waals surface area contributed by atoms with Crippen LogP contribution in [0.1, 0.15) is 16.1 Å². The molecule has 0 aliphatic rings. The van der Waals surface area contributed by atoms with Crippen molar-refractivity contribution < 1.29 is 4.79 Å². The molecule has 0 aromatic carbocycles. The summed E-state index contributed by atoms with van der Waals surface area (Å²) in [6, 6.07) is 2.82. The van der Waals surface area contributed by atoms with Gasteiger partial charge in [0.05, 0.1) is 0 Å². The van der Waals surface area contributed by atoms with E-state index >= 15 is 0 Å². The maximum atomic E-state index is 11.8. The van der Waals surface area contributed by atoms with E-state index < -0.39 is 5.91 Å². The highest BCUT2D eigenvalue weighted by molar-refractivity contribution is 6.29. The summed E-state index contributed by atoms with van der Waals surface area (Å²) < 4.78 is 0. The fourth-order valence-electron chi connectivity index (χ4n) is 1.32. The molecule has 6 nitrogen and oxygen atoms in total. The van der Waals surface area contributed by atoms with Crippen LogP contribution in [-0.4, -0.2) is 20.9 Å². The lowest BCUT2D eigenvalue weighted by Gasteiger charge is -2.03. The fraction of sp³-hybridized carbons (Fsp3) is 0.0909. The highest BCUT2D eigenvalue weighted by Crippen LogP contribution is 2.06. The van der Waals surface area contributed by atoms with Crippen LogP contribution in [0, 0.1) is 6.92 Å². The Morgan fingerprint density at radius 3 is 2.94 bits per heavy atom. The number of hydrogen-bond acceptors (Lipinski definition) is 4. The highest BCUT2D eigenvalue weighted by atomic mass is 35.5. The number of hydrogen-bond donors (Lipinski definition) is 2. The van der Waals surface area contributed by atoms with Crippen molar-refractivity contribution in [3.63, 3.8) is 0 Å². The van der Waals surface area contributed by atoms with E-state index in [1.165, 1.54) is 24.5 Å². The monoisotopic (exact) mass is 264 g/mol. The summed E-state index contributed by atoms with van der Waals surface area (Å²) in [5.74, 6) is -0.536. The first-order valence-corrected chi connectivity index (χ1v) is 5.43. The van der Waals surface area contributed by atoms with Gasteiger partial charge < -0.3 is 4.98 Å². The molecule has 0 aliphatic heterocycles. The van der Waals surface area contributed by atoms with Crippen molar-refractivity contribution in [2.75, 3.05) is 5.32 Å². The van der Waals surface area contributed by atoms with Crippen LogP contribution in [0.2, 0.25) is 5.15 Å². The molecule has 7 heteroatoms. The van der Waals surface area contributed by atoms with E-state index in [-0.39, 0.29) is 22.1 Å². The van der Waals surface area contributed by atoms with Crippen LogP contribution in [0.25, 0.3) is 0 Å². The average molecular weight is 265 g/mol. The zero-order chi connectivity index (χ0) is 13.1. The number of halogens is 1. The van der Waals surface area contributed by atoms with Crippen LogP contribution in [0.5, 0.6) is 0 Å². The van der Waals surface area contributed by atoms with Gasteiger partial charge in [-0.1, -0.05) is 11.6 Å². The number of anilines is 1. The van der Waals surface area contributed by atoms with Crippen LogP contribution in [0.3, 0.4) is 0 Å². The Morgan fingerprint density at radius 1 is 1.50 bits per heavy atom. The molecule has 2 N–H and O–H groups in total. The van der Waals surface area contributed by atoms with E-state index in [0.717, 1.165) is 0 Å². The Labute approximate surface area is 107 Å². The zero-order valence-electron chi connectivity index (χ0n) is 9.40. The molecule has 0 bridgehead atoms. The molecule has 18 heavy (non-hydrogen) atoms. The second-order valence-corrected chi connectivity index (χ2v) is 3.94. The number of H-pyrrole nitrogens is 1. The number of aromatic nitrogens is 3. The second-order valence-electron chi connectivity index (χ2n) is 3.55. The summed E-state index contributed by atoms with van der Waals surface area (Å²) in [5.41, 5.74) is 0.297. The fourth-order valence-corrected chi connectivity index (χ4v) is 1.45. The first-order valence-electron chi connectivity index (χ1n) is 5.05. The molecule has 92 valence electrons. The van der Waals surface area contributed by atoms with Gasteiger partial charge in [-0.2, -0.15) is 0 Å². The highest BCUT2D eigenvalue weighted by Gasteiger charge is 2.11. The topological polar surface area (TPSA) is 87.7 Å². The molecule has 1 amide bonds. The van der Waals surface area contributed by atoms with Crippen molar-refractivity contribution >= 4 is 23.5 Å². The molecule has 0 unspecified atom stereocenters. The number of pyridine rings is 1. The Bertz CT molecular complexity index is 653. The smallest absolute Gasteiger partial charge is 0.263 e. The Hall–Kier alpha value is -2.21. The van der Waals surface area contributed by atoms with Crippen molar-refractivity contribution in [1.82, 2.24) is 15.0 Å². The van der Waals surface area contributed by atoms with Gasteiger partial charge in [0.25, 0.3) is 5.91 Å². The van der Waals surface area contributed by atoms with Gasteiger partial charge >= 0.3 is 0 Å². The second kappa shape index (κ2) is 4.97. The Kier molecular flexibility index (Phi) is 3.38. The average Bonchev–Trinajstić information content (AvgIpc) is 2.28. The van der Waals surface area contributed by atoms with Gasteiger partial charge in [-0.3, -0.25) is 14.9 Å². The molecule has 0 atom stereocenters. The summed E-state index contributed by atoms with van der Waals surface area (Å²) in [7, 11) is 0. The first kappa shape index (κ1) is 12.3. The van der Waals surface area contributed by atoms with E-state index in [2.05, 4.69) is 20.3 Å². The predicted molar refractivity (Wildman–Crippen MR) is 66.8 cm³/mol. The van der Waals surface area contributed by atoms with Crippen LogP contribution in [0.15, 0.2) is 29.3 Å². The minimum Gasteiger partial charge on any atom is -0.364 e. The van der Waals surface area contributed by atoms with Crippen molar-refractivity contribution in [2.45, 2.75) is 6.92 Å². The van der Waals surface area contributed by atoms with E-state index in [9.17, 15) is 9.59 Å². The molecular weight excluding hydrogens is 256 g/mol. The van der Waals surface area contributed by atoms with E-state index in [0.29, 0.717) is 5.69 Å². The number of amides is 1. The van der Waals surface area contributed by atoms with Gasteiger partial charge in [-0.25, -0.2) is 9.97 Å². The number of carbonyl (C=O) groups excluding carboxylic acids is 1. The van der Waals surface area contributed by atoms with Gasteiger partial charge in [0, 0.05) is 24.2 Å². The van der Waals surface area contributed by atoms with Crippen LogP contribution in [0.4, 0.5) is 5.95 Å². The lowest BCUT2D eigenvalue weighted by Crippen LogP contribution is -2.22. The molecular formula is C11H9ClN4O2. The molecule has 0 saturated carbocycles. The number of rotatable bonds is 2. The predicted octanol–water partition coefficient (Wildman–Crippen LogP) is 1.38. The third-order valence-electron chi connectivity index (χ3n) is 2.15. The maximum Gasteiger partial charge on any atom is 0.263 e.